The Morgan fingerprint density at radius 3 is 3.18 bits per heavy atom. The fraction of sp³-hybridized carbons (Fsp3) is 0.667. The van der Waals surface area contributed by atoms with Crippen molar-refractivity contribution in [1.29, 1.82) is 0 Å². The summed E-state index contributed by atoms with van der Waals surface area (Å²) in [6.07, 6.45) is 4.45. The highest BCUT2D eigenvalue weighted by Crippen LogP contribution is 2.22. The maximum Gasteiger partial charge on any atom is 0.220 e. The predicted molar refractivity (Wildman–Crippen MR) is 66.3 cm³/mol. The average molecular weight is 233 g/mol. The zero-order chi connectivity index (χ0) is 11.7. The lowest BCUT2D eigenvalue weighted by Gasteiger charge is -2.37. The predicted octanol–water partition coefficient (Wildman–Crippen LogP) is 0.339. The Balaban J connectivity index is 1.62. The standard InChI is InChI=1S/C12H19N5/c13-12-14-4-3-10(15-12)8-16-6-7-17-5-1-2-11(17)9-16/h3-4,11H,1-2,5-9H2,(H2,13,14,15). The van der Waals surface area contributed by atoms with Gasteiger partial charge in [0.15, 0.2) is 0 Å². The van der Waals surface area contributed by atoms with Crippen molar-refractivity contribution in [2.24, 2.45) is 0 Å². The van der Waals surface area contributed by atoms with Crippen LogP contribution < -0.4 is 5.73 Å². The van der Waals surface area contributed by atoms with Gasteiger partial charge in [-0.05, 0) is 25.5 Å². The number of nitrogens with zero attached hydrogens (tertiary/aromatic N) is 4. The first kappa shape index (κ1) is 10.9. The number of fused-ring (bicyclic) bond motifs is 1. The Kier molecular flexibility index (Phi) is 2.94. The molecule has 5 nitrogen and oxygen atoms in total. The molecule has 17 heavy (non-hydrogen) atoms. The van der Waals surface area contributed by atoms with E-state index in [9.17, 15) is 0 Å². The van der Waals surface area contributed by atoms with Crippen molar-refractivity contribution < 1.29 is 0 Å². The first-order valence-corrected chi connectivity index (χ1v) is 6.35. The van der Waals surface area contributed by atoms with Crippen molar-refractivity contribution in [1.82, 2.24) is 19.8 Å². The van der Waals surface area contributed by atoms with E-state index in [1.54, 1.807) is 6.20 Å². The van der Waals surface area contributed by atoms with Crippen molar-refractivity contribution in [3.8, 4) is 0 Å². The molecule has 0 bridgehead atoms. The molecule has 0 spiro atoms. The quantitative estimate of drug-likeness (QED) is 0.798. The highest BCUT2D eigenvalue weighted by Gasteiger charge is 2.30. The minimum Gasteiger partial charge on any atom is -0.368 e. The Labute approximate surface area is 102 Å². The van der Waals surface area contributed by atoms with Gasteiger partial charge in [-0.3, -0.25) is 9.80 Å². The zero-order valence-electron chi connectivity index (χ0n) is 10.0. The Morgan fingerprint density at radius 1 is 1.35 bits per heavy atom. The Hall–Kier alpha value is -1.20. The lowest BCUT2D eigenvalue weighted by Crippen LogP contribution is -2.49. The number of hydrogen-bond acceptors (Lipinski definition) is 5. The fourth-order valence-electron chi connectivity index (χ4n) is 2.93. The monoisotopic (exact) mass is 233 g/mol. The van der Waals surface area contributed by atoms with E-state index in [2.05, 4.69) is 19.8 Å². The van der Waals surface area contributed by atoms with Gasteiger partial charge < -0.3 is 5.73 Å². The molecule has 0 saturated carbocycles. The molecular weight excluding hydrogens is 214 g/mol. The third-order valence-electron chi connectivity index (χ3n) is 3.79. The lowest BCUT2D eigenvalue weighted by molar-refractivity contribution is 0.0984. The van der Waals surface area contributed by atoms with Gasteiger partial charge in [0.25, 0.3) is 0 Å². The molecule has 2 fully saturated rings. The van der Waals surface area contributed by atoms with Gasteiger partial charge in [-0.25, -0.2) is 9.97 Å². The maximum atomic E-state index is 5.60. The van der Waals surface area contributed by atoms with Gasteiger partial charge in [0, 0.05) is 38.4 Å². The lowest BCUT2D eigenvalue weighted by atomic mass is 10.1. The molecule has 1 aromatic rings. The summed E-state index contributed by atoms with van der Waals surface area (Å²) in [5.41, 5.74) is 6.63. The second kappa shape index (κ2) is 4.58. The van der Waals surface area contributed by atoms with E-state index in [1.165, 1.54) is 32.5 Å². The van der Waals surface area contributed by atoms with Crippen molar-refractivity contribution in [3.63, 3.8) is 0 Å². The largest absolute Gasteiger partial charge is 0.368 e. The van der Waals surface area contributed by atoms with Gasteiger partial charge in [-0.15, -0.1) is 0 Å². The number of nitrogens with two attached hydrogens (primary N) is 1. The van der Waals surface area contributed by atoms with Crippen LogP contribution in [-0.4, -0.2) is 52.0 Å². The second-order valence-electron chi connectivity index (χ2n) is 4.97. The normalized spacial score (nSPS) is 26.0. The van der Waals surface area contributed by atoms with E-state index < -0.39 is 0 Å². The van der Waals surface area contributed by atoms with Crippen LogP contribution in [0.25, 0.3) is 0 Å². The molecule has 0 aromatic carbocycles. The van der Waals surface area contributed by atoms with Crippen molar-refractivity contribution in [3.05, 3.63) is 18.0 Å². The molecule has 2 aliphatic heterocycles. The van der Waals surface area contributed by atoms with Crippen LogP contribution in [0.15, 0.2) is 12.3 Å². The topological polar surface area (TPSA) is 58.3 Å². The first-order valence-electron chi connectivity index (χ1n) is 6.35. The zero-order valence-corrected chi connectivity index (χ0v) is 10.0. The number of anilines is 1. The number of aromatic nitrogens is 2. The maximum absolute atomic E-state index is 5.60. The molecule has 1 atom stereocenters. The van der Waals surface area contributed by atoms with E-state index in [0.29, 0.717) is 5.95 Å². The summed E-state index contributed by atoms with van der Waals surface area (Å²) in [4.78, 5) is 13.3. The molecule has 2 saturated heterocycles. The molecule has 2 aliphatic rings. The van der Waals surface area contributed by atoms with Crippen LogP contribution in [0, 0.1) is 0 Å². The molecule has 2 N–H and O–H groups in total. The Bertz CT molecular complexity index is 394. The summed E-state index contributed by atoms with van der Waals surface area (Å²) in [5.74, 6) is 0.377. The van der Waals surface area contributed by atoms with Crippen LogP contribution in [0.4, 0.5) is 5.95 Å². The summed E-state index contributed by atoms with van der Waals surface area (Å²) >= 11 is 0. The SMILES string of the molecule is Nc1nccc(CN2CCN3CCCC3C2)n1. The van der Waals surface area contributed by atoms with Gasteiger partial charge >= 0.3 is 0 Å². The number of rotatable bonds is 2. The summed E-state index contributed by atoms with van der Waals surface area (Å²) < 4.78 is 0. The Morgan fingerprint density at radius 2 is 2.29 bits per heavy atom. The van der Waals surface area contributed by atoms with Gasteiger partial charge in [0.05, 0.1) is 5.69 Å². The van der Waals surface area contributed by atoms with Crippen LogP contribution >= 0.6 is 0 Å². The number of hydrogen-bond donors (Lipinski definition) is 1. The van der Waals surface area contributed by atoms with Crippen LogP contribution in [0.1, 0.15) is 18.5 Å². The van der Waals surface area contributed by atoms with Gasteiger partial charge in [0.2, 0.25) is 5.95 Å². The van der Waals surface area contributed by atoms with Crippen LogP contribution in [0.2, 0.25) is 0 Å². The molecule has 3 rings (SSSR count). The molecular formula is C12H19N5. The van der Waals surface area contributed by atoms with E-state index in [0.717, 1.165) is 24.8 Å². The van der Waals surface area contributed by atoms with E-state index in [4.69, 9.17) is 5.73 Å². The summed E-state index contributed by atoms with van der Waals surface area (Å²) in [6.45, 7) is 5.70. The summed E-state index contributed by atoms with van der Waals surface area (Å²) in [7, 11) is 0. The third kappa shape index (κ3) is 2.40. The van der Waals surface area contributed by atoms with Gasteiger partial charge in [-0.2, -0.15) is 0 Å². The average Bonchev–Trinajstić information content (AvgIpc) is 2.76. The highest BCUT2D eigenvalue weighted by molar-refractivity contribution is 5.17. The smallest absolute Gasteiger partial charge is 0.220 e. The first-order chi connectivity index (χ1) is 8.31. The van der Waals surface area contributed by atoms with E-state index in [-0.39, 0.29) is 0 Å². The molecule has 1 unspecified atom stereocenters. The van der Waals surface area contributed by atoms with Crippen LogP contribution in [0.5, 0.6) is 0 Å². The van der Waals surface area contributed by atoms with Crippen molar-refractivity contribution in [2.75, 3.05) is 31.9 Å². The third-order valence-corrected chi connectivity index (χ3v) is 3.79. The molecule has 3 heterocycles. The summed E-state index contributed by atoms with van der Waals surface area (Å²) in [6, 6.07) is 2.72. The minimum atomic E-state index is 0.377. The highest BCUT2D eigenvalue weighted by atomic mass is 15.3. The van der Waals surface area contributed by atoms with Crippen LogP contribution in [-0.2, 0) is 6.54 Å². The molecule has 5 heteroatoms. The molecule has 0 aliphatic carbocycles. The molecule has 92 valence electrons. The molecule has 0 amide bonds. The molecule has 1 aromatic heterocycles. The second-order valence-corrected chi connectivity index (χ2v) is 4.97. The van der Waals surface area contributed by atoms with Gasteiger partial charge in [-0.1, -0.05) is 0 Å². The molecule has 0 radical (unpaired) electrons. The van der Waals surface area contributed by atoms with E-state index in [1.807, 2.05) is 6.07 Å². The number of nitrogen functional groups attached to an aromatic ring is 1. The van der Waals surface area contributed by atoms with Crippen molar-refractivity contribution >= 4 is 5.95 Å². The van der Waals surface area contributed by atoms with E-state index >= 15 is 0 Å². The minimum absolute atomic E-state index is 0.377. The van der Waals surface area contributed by atoms with Crippen LogP contribution in [0.3, 0.4) is 0 Å². The van der Waals surface area contributed by atoms with Crippen molar-refractivity contribution in [2.45, 2.75) is 25.4 Å². The summed E-state index contributed by atoms with van der Waals surface area (Å²) in [5, 5.41) is 0. The fourth-order valence-corrected chi connectivity index (χ4v) is 2.93. The number of piperazine rings is 1. The van der Waals surface area contributed by atoms with Gasteiger partial charge in [0.1, 0.15) is 0 Å².